The van der Waals surface area contributed by atoms with Gasteiger partial charge in [0.25, 0.3) is 11.6 Å². The molecule has 1 amide bonds. The van der Waals surface area contributed by atoms with Gasteiger partial charge in [0.1, 0.15) is 5.76 Å². The first-order valence-corrected chi connectivity index (χ1v) is 9.90. The minimum atomic E-state index is -0.479. The van der Waals surface area contributed by atoms with Gasteiger partial charge >= 0.3 is 0 Å². The monoisotopic (exact) mass is 424 g/mol. The molecule has 0 atom stereocenters. The molecular formula is C20H16N4O5S. The summed E-state index contributed by atoms with van der Waals surface area (Å²) in [7, 11) is 0. The number of carbonyl (C=O) groups is 1. The molecule has 3 aromatic heterocycles. The first-order valence-electron chi connectivity index (χ1n) is 9.03. The van der Waals surface area contributed by atoms with Gasteiger partial charge in [0.05, 0.1) is 22.6 Å². The molecule has 0 spiro atoms. The Morgan fingerprint density at radius 1 is 1.20 bits per heavy atom. The second-order valence-corrected chi connectivity index (χ2v) is 7.30. The van der Waals surface area contributed by atoms with Crippen molar-refractivity contribution in [2.75, 3.05) is 6.54 Å². The second kappa shape index (κ2) is 8.70. The van der Waals surface area contributed by atoms with Crippen LogP contribution in [-0.2, 0) is 13.0 Å². The van der Waals surface area contributed by atoms with Gasteiger partial charge in [0.15, 0.2) is 0 Å². The highest BCUT2D eigenvalue weighted by Gasteiger charge is 2.20. The van der Waals surface area contributed by atoms with Gasteiger partial charge in [-0.25, -0.2) is 0 Å². The molecule has 4 aromatic rings. The Balaban J connectivity index is 1.48. The predicted octanol–water partition coefficient (Wildman–Crippen LogP) is 4.18. The summed E-state index contributed by atoms with van der Waals surface area (Å²) in [5, 5.41) is 16.7. The summed E-state index contributed by atoms with van der Waals surface area (Å²) in [6.45, 7) is 0.656. The number of benzene rings is 1. The first-order chi connectivity index (χ1) is 14.6. The molecule has 0 saturated heterocycles. The fraction of sp³-hybridized carbons (Fsp3) is 0.150. The van der Waals surface area contributed by atoms with Crippen LogP contribution in [0.1, 0.15) is 21.3 Å². The molecular weight excluding hydrogens is 408 g/mol. The Bertz CT molecular complexity index is 1140. The van der Waals surface area contributed by atoms with Crippen molar-refractivity contribution in [3.63, 3.8) is 0 Å². The molecule has 0 aliphatic rings. The number of nitrogens with zero attached hydrogens (tertiary/aromatic N) is 4. The van der Waals surface area contributed by atoms with Gasteiger partial charge in [0.2, 0.25) is 11.7 Å². The maximum Gasteiger partial charge on any atom is 0.270 e. The maximum absolute atomic E-state index is 12.8. The van der Waals surface area contributed by atoms with Crippen LogP contribution in [0.2, 0.25) is 0 Å². The van der Waals surface area contributed by atoms with Crippen LogP contribution in [0.4, 0.5) is 5.69 Å². The maximum atomic E-state index is 12.8. The Hall–Kier alpha value is -3.79. The summed E-state index contributed by atoms with van der Waals surface area (Å²) in [5.74, 6) is 1.15. The van der Waals surface area contributed by atoms with Crippen molar-refractivity contribution in [3.05, 3.63) is 86.8 Å². The largest absolute Gasteiger partial charge is 0.467 e. The number of carbonyl (C=O) groups excluding carboxylic acids is 1. The molecule has 0 aliphatic carbocycles. The fourth-order valence-corrected chi connectivity index (χ4v) is 3.55. The molecule has 3 heterocycles. The fourth-order valence-electron chi connectivity index (χ4n) is 2.86. The predicted molar refractivity (Wildman–Crippen MR) is 108 cm³/mol. The number of rotatable bonds is 8. The summed E-state index contributed by atoms with van der Waals surface area (Å²) < 4.78 is 10.7. The number of non-ortho nitro benzene ring substituents is 1. The van der Waals surface area contributed by atoms with Crippen molar-refractivity contribution in [2.24, 2.45) is 0 Å². The Kier molecular flexibility index (Phi) is 5.66. The van der Waals surface area contributed by atoms with Crippen molar-refractivity contribution in [2.45, 2.75) is 13.0 Å². The molecule has 9 nitrogen and oxygen atoms in total. The third kappa shape index (κ3) is 4.44. The van der Waals surface area contributed by atoms with E-state index in [1.807, 2.05) is 17.5 Å². The van der Waals surface area contributed by atoms with E-state index >= 15 is 0 Å². The van der Waals surface area contributed by atoms with Gasteiger partial charge in [-0.05, 0) is 23.6 Å². The molecule has 0 unspecified atom stereocenters. The van der Waals surface area contributed by atoms with Crippen molar-refractivity contribution in [3.8, 4) is 11.4 Å². The van der Waals surface area contributed by atoms with Gasteiger partial charge in [-0.15, -0.1) is 11.3 Å². The van der Waals surface area contributed by atoms with E-state index < -0.39 is 4.92 Å². The Labute approximate surface area is 174 Å². The van der Waals surface area contributed by atoms with E-state index in [0.717, 1.165) is 0 Å². The van der Waals surface area contributed by atoms with Gasteiger partial charge < -0.3 is 13.8 Å². The van der Waals surface area contributed by atoms with Gasteiger partial charge in [-0.1, -0.05) is 23.4 Å². The lowest BCUT2D eigenvalue weighted by molar-refractivity contribution is -0.384. The van der Waals surface area contributed by atoms with Crippen molar-refractivity contribution in [1.29, 1.82) is 0 Å². The third-order valence-corrected chi connectivity index (χ3v) is 5.18. The number of amides is 1. The van der Waals surface area contributed by atoms with E-state index in [-0.39, 0.29) is 17.4 Å². The van der Waals surface area contributed by atoms with Crippen LogP contribution in [0.3, 0.4) is 0 Å². The van der Waals surface area contributed by atoms with Crippen LogP contribution >= 0.6 is 11.3 Å². The number of thiophene rings is 1. The summed E-state index contributed by atoms with van der Waals surface area (Å²) in [6, 6.07) is 13.2. The molecule has 1 aromatic carbocycles. The minimum absolute atomic E-state index is 0.0509. The Morgan fingerprint density at radius 3 is 2.83 bits per heavy atom. The average molecular weight is 424 g/mol. The molecule has 4 rings (SSSR count). The lowest BCUT2D eigenvalue weighted by atomic mass is 10.2. The van der Waals surface area contributed by atoms with E-state index in [1.165, 1.54) is 23.5 Å². The second-order valence-electron chi connectivity index (χ2n) is 6.35. The van der Waals surface area contributed by atoms with E-state index in [0.29, 0.717) is 41.6 Å². The van der Waals surface area contributed by atoms with Crippen LogP contribution in [0.15, 0.2) is 69.1 Å². The molecule has 30 heavy (non-hydrogen) atoms. The molecule has 10 heteroatoms. The van der Waals surface area contributed by atoms with Gasteiger partial charge in [-0.3, -0.25) is 14.9 Å². The summed E-state index contributed by atoms with van der Waals surface area (Å²) >= 11 is 1.37. The van der Waals surface area contributed by atoms with Gasteiger partial charge in [-0.2, -0.15) is 4.98 Å². The quantitative estimate of drug-likeness (QED) is 0.308. The highest BCUT2D eigenvalue weighted by Crippen LogP contribution is 2.22. The number of hydrogen-bond donors (Lipinski definition) is 0. The smallest absolute Gasteiger partial charge is 0.270 e. The molecule has 0 aliphatic heterocycles. The van der Waals surface area contributed by atoms with Gasteiger partial charge in [0, 0.05) is 30.7 Å². The molecule has 152 valence electrons. The summed E-state index contributed by atoms with van der Waals surface area (Å²) in [6.07, 6.45) is 1.90. The van der Waals surface area contributed by atoms with Crippen molar-refractivity contribution in [1.82, 2.24) is 15.0 Å². The SMILES string of the molecule is O=C(c1cccs1)N(CCc1nc(-c2cccc([N+](=O)[O-])c2)no1)Cc1ccco1. The van der Waals surface area contributed by atoms with E-state index in [4.69, 9.17) is 8.94 Å². The zero-order chi connectivity index (χ0) is 20.9. The molecule has 0 N–H and O–H groups in total. The van der Waals surface area contributed by atoms with Crippen LogP contribution in [0, 0.1) is 10.1 Å². The summed E-state index contributed by atoms with van der Waals surface area (Å²) in [4.78, 5) is 29.9. The molecule has 0 bridgehead atoms. The average Bonchev–Trinajstić information content (AvgIpc) is 3.53. The normalized spacial score (nSPS) is 10.8. The lowest BCUT2D eigenvalue weighted by Crippen LogP contribution is -2.32. The van der Waals surface area contributed by atoms with Crippen molar-refractivity contribution < 1.29 is 18.7 Å². The number of nitro benzene ring substituents is 1. The zero-order valence-corrected chi connectivity index (χ0v) is 16.4. The summed E-state index contributed by atoms with van der Waals surface area (Å²) in [5.41, 5.74) is 0.436. The van der Waals surface area contributed by atoms with Crippen LogP contribution in [0.25, 0.3) is 11.4 Å². The van der Waals surface area contributed by atoms with E-state index in [1.54, 1.807) is 35.4 Å². The topological polar surface area (TPSA) is 116 Å². The standard InChI is InChI=1S/C20H16N4O5S/c25-20(17-7-3-11-30-17)23(13-16-6-2-10-28-16)9-8-18-21-19(22-29-18)14-4-1-5-15(12-14)24(26)27/h1-7,10-12H,8-9,13H2. The molecule has 0 radical (unpaired) electrons. The third-order valence-electron chi connectivity index (χ3n) is 4.32. The lowest BCUT2D eigenvalue weighted by Gasteiger charge is -2.20. The molecule has 0 saturated carbocycles. The van der Waals surface area contributed by atoms with E-state index in [9.17, 15) is 14.9 Å². The Morgan fingerprint density at radius 2 is 2.10 bits per heavy atom. The van der Waals surface area contributed by atoms with Crippen LogP contribution in [0.5, 0.6) is 0 Å². The van der Waals surface area contributed by atoms with Crippen molar-refractivity contribution >= 4 is 22.9 Å². The number of nitro groups is 1. The van der Waals surface area contributed by atoms with E-state index in [2.05, 4.69) is 10.1 Å². The first kappa shape index (κ1) is 19.5. The minimum Gasteiger partial charge on any atom is -0.467 e. The number of aromatic nitrogens is 2. The highest BCUT2D eigenvalue weighted by atomic mass is 32.1. The van der Waals surface area contributed by atoms with Crippen LogP contribution in [-0.4, -0.2) is 32.4 Å². The number of hydrogen-bond acceptors (Lipinski definition) is 8. The highest BCUT2D eigenvalue weighted by molar-refractivity contribution is 7.12. The van der Waals surface area contributed by atoms with Crippen LogP contribution < -0.4 is 0 Å². The molecule has 0 fully saturated rings. The zero-order valence-electron chi connectivity index (χ0n) is 15.6. The number of furan rings is 1.